The van der Waals surface area contributed by atoms with Gasteiger partial charge in [0.05, 0.1) is 0 Å². The molecule has 1 heterocycles. The lowest BCUT2D eigenvalue weighted by molar-refractivity contribution is 0.152. The Labute approximate surface area is 103 Å². The Morgan fingerprint density at radius 3 is 2.53 bits per heavy atom. The van der Waals surface area contributed by atoms with Crippen LogP contribution in [0.2, 0.25) is 0 Å². The Kier molecular flexibility index (Phi) is 4.69. The smallest absolute Gasteiger partial charge is 0.227 e. The van der Waals surface area contributed by atoms with Crippen molar-refractivity contribution in [2.75, 3.05) is 0 Å². The van der Waals surface area contributed by atoms with Crippen molar-refractivity contribution >= 4 is 0 Å². The number of aromatic nitrogens is 2. The summed E-state index contributed by atoms with van der Waals surface area (Å²) >= 11 is 0. The van der Waals surface area contributed by atoms with Crippen molar-refractivity contribution in [1.82, 2.24) is 10.1 Å². The molecule has 17 heavy (non-hydrogen) atoms. The molecule has 1 aromatic rings. The van der Waals surface area contributed by atoms with E-state index in [1.54, 1.807) is 0 Å². The van der Waals surface area contributed by atoms with Gasteiger partial charge in [0.1, 0.15) is 6.10 Å². The third-order valence-electron chi connectivity index (χ3n) is 3.30. The highest BCUT2D eigenvalue weighted by atomic mass is 16.5. The summed E-state index contributed by atoms with van der Waals surface area (Å²) in [7, 11) is 0. The summed E-state index contributed by atoms with van der Waals surface area (Å²) < 4.78 is 5.18. The molecule has 2 unspecified atom stereocenters. The van der Waals surface area contributed by atoms with Crippen LogP contribution in [0.15, 0.2) is 4.52 Å². The van der Waals surface area contributed by atoms with Crippen molar-refractivity contribution in [3.8, 4) is 0 Å². The minimum Gasteiger partial charge on any atom is -0.385 e. The number of aliphatic hydroxyl groups excluding tert-OH is 1. The summed E-state index contributed by atoms with van der Waals surface area (Å²) in [5.41, 5.74) is 0.219. The van der Waals surface area contributed by atoms with Crippen LogP contribution in [0, 0.1) is 11.3 Å². The fourth-order valence-corrected chi connectivity index (χ4v) is 1.46. The van der Waals surface area contributed by atoms with E-state index in [1.807, 2.05) is 6.92 Å². The molecule has 1 aromatic heterocycles. The van der Waals surface area contributed by atoms with Crippen LogP contribution in [-0.2, 0) is 6.42 Å². The number of rotatable bonds is 5. The molecular formula is C13H24N2O2. The fourth-order valence-electron chi connectivity index (χ4n) is 1.46. The molecule has 0 aliphatic heterocycles. The highest BCUT2D eigenvalue weighted by molar-refractivity contribution is 4.92. The predicted molar refractivity (Wildman–Crippen MR) is 66.5 cm³/mol. The van der Waals surface area contributed by atoms with Gasteiger partial charge in [0.25, 0.3) is 0 Å². The largest absolute Gasteiger partial charge is 0.385 e. The first-order valence-corrected chi connectivity index (χ1v) is 6.35. The summed E-state index contributed by atoms with van der Waals surface area (Å²) in [5.74, 6) is 1.50. The van der Waals surface area contributed by atoms with Gasteiger partial charge in [-0.1, -0.05) is 46.2 Å². The molecule has 0 aromatic carbocycles. The SMILES string of the molecule is CCCC(O)c1noc(CC(C)C(C)(C)C)n1. The standard InChI is InChI=1S/C13H24N2O2/c1-6-7-10(16)12-14-11(17-15-12)8-9(2)13(3,4)5/h9-10,16H,6-8H2,1-5H3. The topological polar surface area (TPSA) is 59.2 Å². The van der Waals surface area contributed by atoms with E-state index in [0.717, 1.165) is 12.8 Å². The van der Waals surface area contributed by atoms with E-state index in [0.29, 0.717) is 24.1 Å². The van der Waals surface area contributed by atoms with Crippen molar-refractivity contribution in [2.24, 2.45) is 11.3 Å². The second-order valence-corrected chi connectivity index (χ2v) is 5.82. The van der Waals surface area contributed by atoms with E-state index < -0.39 is 6.10 Å². The maximum absolute atomic E-state index is 9.74. The molecule has 4 nitrogen and oxygen atoms in total. The van der Waals surface area contributed by atoms with Gasteiger partial charge in [0.2, 0.25) is 5.89 Å². The van der Waals surface area contributed by atoms with E-state index >= 15 is 0 Å². The molecule has 98 valence electrons. The zero-order valence-electron chi connectivity index (χ0n) is 11.5. The van der Waals surface area contributed by atoms with Crippen LogP contribution in [0.3, 0.4) is 0 Å². The Bertz CT molecular complexity index is 341. The lowest BCUT2D eigenvalue weighted by atomic mass is 9.80. The van der Waals surface area contributed by atoms with Crippen LogP contribution in [-0.4, -0.2) is 15.2 Å². The summed E-state index contributed by atoms with van der Waals surface area (Å²) in [6.45, 7) is 10.8. The molecule has 1 N–H and O–H groups in total. The highest BCUT2D eigenvalue weighted by Gasteiger charge is 2.23. The van der Waals surface area contributed by atoms with Gasteiger partial charge in [-0.3, -0.25) is 0 Å². The van der Waals surface area contributed by atoms with Crippen LogP contribution < -0.4 is 0 Å². The Hall–Kier alpha value is -0.900. The predicted octanol–water partition coefficient (Wildman–Crippen LogP) is 3.13. The van der Waals surface area contributed by atoms with E-state index in [9.17, 15) is 5.11 Å². The van der Waals surface area contributed by atoms with Gasteiger partial charge in [0, 0.05) is 6.42 Å². The molecule has 0 spiro atoms. The second kappa shape index (κ2) is 5.63. The molecule has 0 aliphatic rings. The van der Waals surface area contributed by atoms with Gasteiger partial charge < -0.3 is 9.63 Å². The highest BCUT2D eigenvalue weighted by Crippen LogP contribution is 2.28. The maximum Gasteiger partial charge on any atom is 0.227 e. The molecule has 0 amide bonds. The van der Waals surface area contributed by atoms with Crippen LogP contribution in [0.1, 0.15) is 65.3 Å². The van der Waals surface area contributed by atoms with Crippen LogP contribution >= 0.6 is 0 Å². The molecule has 1 rings (SSSR count). The molecule has 0 fully saturated rings. The zero-order chi connectivity index (χ0) is 13.1. The number of aliphatic hydroxyl groups is 1. The van der Waals surface area contributed by atoms with E-state index in [2.05, 4.69) is 37.8 Å². The Balaban J connectivity index is 2.63. The first-order valence-electron chi connectivity index (χ1n) is 6.35. The number of nitrogens with zero attached hydrogens (tertiary/aromatic N) is 2. The molecule has 2 atom stereocenters. The number of hydrogen-bond donors (Lipinski definition) is 1. The van der Waals surface area contributed by atoms with Crippen molar-refractivity contribution in [3.63, 3.8) is 0 Å². The molecule has 0 aliphatic carbocycles. The minimum atomic E-state index is -0.595. The normalized spacial score (nSPS) is 15.9. The first kappa shape index (κ1) is 14.2. The Morgan fingerprint density at radius 1 is 1.35 bits per heavy atom. The van der Waals surface area contributed by atoms with E-state index in [4.69, 9.17) is 4.52 Å². The van der Waals surface area contributed by atoms with Crippen LogP contribution in [0.5, 0.6) is 0 Å². The van der Waals surface area contributed by atoms with E-state index in [-0.39, 0.29) is 5.41 Å². The van der Waals surface area contributed by atoms with Crippen molar-refractivity contribution in [3.05, 3.63) is 11.7 Å². The van der Waals surface area contributed by atoms with Crippen LogP contribution in [0.25, 0.3) is 0 Å². The molecule has 0 saturated carbocycles. The monoisotopic (exact) mass is 240 g/mol. The van der Waals surface area contributed by atoms with Gasteiger partial charge in [-0.05, 0) is 17.8 Å². The molecular weight excluding hydrogens is 216 g/mol. The summed E-state index contributed by atoms with van der Waals surface area (Å²) in [6, 6.07) is 0. The average Bonchev–Trinajstić information content (AvgIpc) is 2.65. The van der Waals surface area contributed by atoms with E-state index in [1.165, 1.54) is 0 Å². The lowest BCUT2D eigenvalue weighted by Gasteiger charge is -2.25. The summed E-state index contributed by atoms with van der Waals surface area (Å²) in [6.07, 6.45) is 1.74. The molecule has 0 radical (unpaired) electrons. The van der Waals surface area contributed by atoms with Gasteiger partial charge in [-0.15, -0.1) is 0 Å². The first-order chi connectivity index (χ1) is 7.84. The summed E-state index contributed by atoms with van der Waals surface area (Å²) in [5, 5.41) is 13.6. The summed E-state index contributed by atoms with van der Waals surface area (Å²) in [4.78, 5) is 4.25. The average molecular weight is 240 g/mol. The second-order valence-electron chi connectivity index (χ2n) is 5.82. The van der Waals surface area contributed by atoms with Gasteiger partial charge >= 0.3 is 0 Å². The molecule has 0 bridgehead atoms. The lowest BCUT2D eigenvalue weighted by Crippen LogP contribution is -2.19. The third-order valence-corrected chi connectivity index (χ3v) is 3.30. The molecule has 0 saturated heterocycles. The third kappa shape index (κ3) is 4.11. The fraction of sp³-hybridized carbons (Fsp3) is 0.846. The maximum atomic E-state index is 9.74. The van der Waals surface area contributed by atoms with Crippen molar-refractivity contribution in [2.45, 2.75) is 60.0 Å². The number of hydrogen-bond acceptors (Lipinski definition) is 4. The zero-order valence-corrected chi connectivity index (χ0v) is 11.5. The van der Waals surface area contributed by atoms with Crippen molar-refractivity contribution < 1.29 is 9.63 Å². The van der Waals surface area contributed by atoms with Crippen molar-refractivity contribution in [1.29, 1.82) is 0 Å². The minimum absolute atomic E-state index is 0.219. The Morgan fingerprint density at radius 2 is 2.00 bits per heavy atom. The molecule has 4 heteroatoms. The van der Waals surface area contributed by atoms with Gasteiger partial charge in [0.15, 0.2) is 5.82 Å². The van der Waals surface area contributed by atoms with Gasteiger partial charge in [-0.2, -0.15) is 4.98 Å². The quantitative estimate of drug-likeness (QED) is 0.859. The van der Waals surface area contributed by atoms with Gasteiger partial charge in [-0.25, -0.2) is 0 Å². The van der Waals surface area contributed by atoms with Crippen LogP contribution in [0.4, 0.5) is 0 Å².